The van der Waals surface area contributed by atoms with Gasteiger partial charge in [0.25, 0.3) is 0 Å². The zero-order valence-corrected chi connectivity index (χ0v) is 8.92. The molecule has 0 aliphatic carbocycles. The largest absolute Gasteiger partial charge is 0.344 e. The van der Waals surface area contributed by atoms with Crippen LogP contribution >= 0.6 is 11.8 Å². The molecule has 3 nitrogen and oxygen atoms in total. The number of amides is 1. The number of nitrogens with one attached hydrogen (secondary N) is 1. The third kappa shape index (κ3) is 2.59. The molecule has 1 fully saturated rings. The van der Waals surface area contributed by atoms with E-state index in [0.717, 1.165) is 17.3 Å². The molecule has 15 heavy (non-hydrogen) atoms. The van der Waals surface area contributed by atoms with Gasteiger partial charge < -0.3 is 5.32 Å². The Morgan fingerprint density at radius 2 is 2.00 bits per heavy atom. The Balaban J connectivity index is 2.05. The fraction of sp³-hybridized carbons (Fsp3) is 0.273. The average molecular weight is 221 g/mol. The fourth-order valence-corrected chi connectivity index (χ4v) is 2.22. The molecule has 1 saturated heterocycles. The van der Waals surface area contributed by atoms with E-state index in [2.05, 4.69) is 5.32 Å². The maximum absolute atomic E-state index is 11.5. The lowest BCUT2D eigenvalue weighted by Crippen LogP contribution is -2.46. The number of rotatable bonds is 2. The van der Waals surface area contributed by atoms with Crippen LogP contribution in [0.3, 0.4) is 0 Å². The fourth-order valence-electron chi connectivity index (χ4n) is 1.52. The minimum absolute atomic E-state index is 0.0541. The van der Waals surface area contributed by atoms with Crippen LogP contribution in [0.1, 0.15) is 5.56 Å². The van der Waals surface area contributed by atoms with Crippen LogP contribution in [-0.4, -0.2) is 22.8 Å². The van der Waals surface area contributed by atoms with E-state index in [1.807, 2.05) is 30.3 Å². The lowest BCUT2D eigenvalue weighted by atomic mass is 10.1. The molecule has 0 spiro atoms. The normalized spacial score (nSPS) is 21.2. The maximum Gasteiger partial charge on any atom is 0.231 e. The summed E-state index contributed by atoms with van der Waals surface area (Å²) in [7, 11) is 0. The summed E-state index contributed by atoms with van der Waals surface area (Å²) in [6.07, 6.45) is 0.582. The number of hydrogen-bond donors (Lipinski definition) is 1. The second kappa shape index (κ2) is 4.49. The standard InChI is InChI=1S/C11H11NO2S/c13-10-7-15-11(14)9(12-10)6-8-4-2-1-3-5-8/h1-5,9H,6-7H2,(H,12,13)/t9-/m0/s1. The van der Waals surface area contributed by atoms with Gasteiger partial charge in [-0.05, 0) is 5.56 Å². The van der Waals surface area contributed by atoms with Crippen LogP contribution in [0.15, 0.2) is 30.3 Å². The van der Waals surface area contributed by atoms with Gasteiger partial charge in [0.05, 0.1) is 5.75 Å². The van der Waals surface area contributed by atoms with E-state index >= 15 is 0 Å². The summed E-state index contributed by atoms with van der Waals surface area (Å²) in [6.45, 7) is 0. The monoisotopic (exact) mass is 221 g/mol. The minimum Gasteiger partial charge on any atom is -0.344 e. The highest BCUT2D eigenvalue weighted by Gasteiger charge is 2.26. The van der Waals surface area contributed by atoms with E-state index < -0.39 is 0 Å². The molecule has 1 aromatic rings. The van der Waals surface area contributed by atoms with Gasteiger partial charge >= 0.3 is 0 Å². The second-order valence-electron chi connectivity index (χ2n) is 3.42. The molecule has 1 aliphatic rings. The number of carbonyl (C=O) groups excluding carboxylic acids is 2. The van der Waals surface area contributed by atoms with Crippen molar-refractivity contribution in [2.75, 3.05) is 5.75 Å². The molecule has 2 rings (SSSR count). The van der Waals surface area contributed by atoms with Crippen LogP contribution in [0.5, 0.6) is 0 Å². The quantitative estimate of drug-likeness (QED) is 0.810. The van der Waals surface area contributed by atoms with E-state index in [4.69, 9.17) is 0 Å². The van der Waals surface area contributed by atoms with Crippen LogP contribution in [0.2, 0.25) is 0 Å². The van der Waals surface area contributed by atoms with E-state index in [-0.39, 0.29) is 22.8 Å². The summed E-state index contributed by atoms with van der Waals surface area (Å²) in [6, 6.07) is 9.34. The van der Waals surface area contributed by atoms with Crippen LogP contribution in [0, 0.1) is 0 Å². The highest BCUT2D eigenvalue weighted by Crippen LogP contribution is 2.14. The number of thioether (sulfide) groups is 1. The Morgan fingerprint density at radius 1 is 1.27 bits per heavy atom. The maximum atomic E-state index is 11.5. The van der Waals surface area contributed by atoms with Crippen molar-refractivity contribution < 1.29 is 9.59 Å². The molecule has 1 aliphatic heterocycles. The SMILES string of the molecule is O=C1CSC(=O)[C@H](Cc2ccccc2)N1. The zero-order valence-electron chi connectivity index (χ0n) is 8.10. The van der Waals surface area contributed by atoms with E-state index in [0.29, 0.717) is 6.42 Å². The summed E-state index contributed by atoms with van der Waals surface area (Å²) < 4.78 is 0. The first-order valence-corrected chi connectivity index (χ1v) is 5.74. The first-order chi connectivity index (χ1) is 7.25. The van der Waals surface area contributed by atoms with E-state index in [1.54, 1.807) is 0 Å². The van der Waals surface area contributed by atoms with Gasteiger partial charge in [0.1, 0.15) is 6.04 Å². The van der Waals surface area contributed by atoms with Gasteiger partial charge in [-0.25, -0.2) is 0 Å². The molecular weight excluding hydrogens is 210 g/mol. The lowest BCUT2D eigenvalue weighted by Gasteiger charge is -2.21. The molecule has 0 radical (unpaired) electrons. The Hall–Kier alpha value is -1.29. The number of carbonyl (C=O) groups is 2. The predicted octanol–water partition coefficient (Wildman–Crippen LogP) is 0.987. The minimum atomic E-state index is -0.362. The Kier molecular flexibility index (Phi) is 3.06. The van der Waals surface area contributed by atoms with Gasteiger partial charge in [0.15, 0.2) is 0 Å². The van der Waals surface area contributed by atoms with Crippen molar-refractivity contribution in [1.82, 2.24) is 5.32 Å². The van der Waals surface area contributed by atoms with Gasteiger partial charge in [0, 0.05) is 6.42 Å². The van der Waals surface area contributed by atoms with Gasteiger partial charge in [-0.1, -0.05) is 42.1 Å². The van der Waals surface area contributed by atoms with Gasteiger partial charge in [-0.2, -0.15) is 0 Å². The lowest BCUT2D eigenvalue weighted by molar-refractivity contribution is -0.123. The third-order valence-corrected chi connectivity index (χ3v) is 3.22. The Bertz CT molecular complexity index is 377. The zero-order chi connectivity index (χ0) is 10.7. The summed E-state index contributed by atoms with van der Waals surface area (Å²) in [4.78, 5) is 22.6. The van der Waals surface area contributed by atoms with E-state index in [1.165, 1.54) is 0 Å². The van der Waals surface area contributed by atoms with Crippen molar-refractivity contribution in [2.24, 2.45) is 0 Å². The second-order valence-corrected chi connectivity index (χ2v) is 4.40. The molecule has 4 heteroatoms. The van der Waals surface area contributed by atoms with Crippen LogP contribution in [0.25, 0.3) is 0 Å². The van der Waals surface area contributed by atoms with Crippen LogP contribution < -0.4 is 5.32 Å². The van der Waals surface area contributed by atoms with Crippen molar-refractivity contribution in [1.29, 1.82) is 0 Å². The molecule has 1 atom stereocenters. The topological polar surface area (TPSA) is 46.2 Å². The van der Waals surface area contributed by atoms with Crippen molar-refractivity contribution in [3.63, 3.8) is 0 Å². The summed E-state index contributed by atoms with van der Waals surface area (Å²) in [5.74, 6) is 0.199. The summed E-state index contributed by atoms with van der Waals surface area (Å²) in [5, 5.41) is 2.76. The molecule has 0 unspecified atom stereocenters. The first kappa shape index (κ1) is 10.2. The van der Waals surface area contributed by atoms with Gasteiger partial charge in [-0.15, -0.1) is 0 Å². The highest BCUT2D eigenvalue weighted by atomic mass is 32.2. The molecule has 1 amide bonds. The molecule has 0 bridgehead atoms. The predicted molar refractivity (Wildman–Crippen MR) is 59.5 cm³/mol. The van der Waals surface area contributed by atoms with Crippen LogP contribution in [0.4, 0.5) is 0 Å². The van der Waals surface area contributed by atoms with Gasteiger partial charge in [0.2, 0.25) is 11.0 Å². The van der Waals surface area contributed by atoms with E-state index in [9.17, 15) is 9.59 Å². The Labute approximate surface area is 92.2 Å². The molecule has 1 N–H and O–H groups in total. The van der Waals surface area contributed by atoms with Crippen molar-refractivity contribution >= 4 is 22.8 Å². The summed E-state index contributed by atoms with van der Waals surface area (Å²) >= 11 is 1.10. The van der Waals surface area contributed by atoms with Crippen molar-refractivity contribution in [3.8, 4) is 0 Å². The smallest absolute Gasteiger partial charge is 0.231 e. The van der Waals surface area contributed by atoms with Gasteiger partial charge in [-0.3, -0.25) is 9.59 Å². The molecule has 0 saturated carbocycles. The molecule has 0 aromatic heterocycles. The summed E-state index contributed by atoms with van der Waals surface area (Å²) in [5.41, 5.74) is 1.07. The van der Waals surface area contributed by atoms with Crippen molar-refractivity contribution in [3.05, 3.63) is 35.9 Å². The number of hydrogen-bond acceptors (Lipinski definition) is 3. The molecule has 1 heterocycles. The van der Waals surface area contributed by atoms with Crippen LogP contribution in [-0.2, 0) is 16.0 Å². The highest BCUT2D eigenvalue weighted by molar-refractivity contribution is 8.14. The molecule has 1 aromatic carbocycles. The first-order valence-electron chi connectivity index (χ1n) is 4.75. The number of benzene rings is 1. The third-order valence-electron chi connectivity index (χ3n) is 2.25. The Morgan fingerprint density at radius 3 is 2.73 bits per heavy atom. The molecular formula is C11H11NO2S. The van der Waals surface area contributed by atoms with Crippen molar-refractivity contribution in [2.45, 2.75) is 12.5 Å². The average Bonchev–Trinajstić information content (AvgIpc) is 2.25. The molecule has 78 valence electrons.